The minimum atomic E-state index is 0.309. The van der Waals surface area contributed by atoms with Crippen LogP contribution in [0.4, 0.5) is 0 Å². The summed E-state index contributed by atoms with van der Waals surface area (Å²) in [5.74, 6) is 0.611. The molecule has 0 aromatic rings. The smallest absolute Gasteiger partial charge is 0.0433 e. The summed E-state index contributed by atoms with van der Waals surface area (Å²) in [5.41, 5.74) is 25.8. The fraction of sp³-hybridized carbons (Fsp3) is 0.622. The Morgan fingerprint density at radius 1 is 0.187 bits per heavy atom. The Morgan fingerprint density at radius 3 is 0.429 bits per heavy atom. The van der Waals surface area contributed by atoms with E-state index in [0.717, 1.165) is 116 Å². The summed E-state index contributed by atoms with van der Waals surface area (Å²) in [5, 5.41) is 9.11. The first-order valence-electron chi connectivity index (χ1n) is 37.2. The van der Waals surface area contributed by atoms with Gasteiger partial charge in [0.15, 0.2) is 0 Å². The Labute approximate surface area is 568 Å². The molecule has 0 radical (unpaired) electrons. The van der Waals surface area contributed by atoms with Crippen molar-refractivity contribution in [1.29, 1.82) is 0 Å². The maximum absolute atomic E-state index is 9.11. The minimum absolute atomic E-state index is 0.309. The number of allylic oxidation sites excluding steroid dienone is 34. The van der Waals surface area contributed by atoms with Gasteiger partial charge >= 0.3 is 0 Å². The van der Waals surface area contributed by atoms with Crippen LogP contribution in [0.2, 0.25) is 0 Å². The molecule has 0 heterocycles. The van der Waals surface area contributed by atoms with Crippen LogP contribution < -0.4 is 0 Å². The van der Waals surface area contributed by atoms with E-state index in [2.05, 4.69) is 235 Å². The fourth-order valence-corrected chi connectivity index (χ4v) is 11.4. The van der Waals surface area contributed by atoms with Crippen LogP contribution in [0.5, 0.6) is 0 Å². The third-order valence-corrected chi connectivity index (χ3v) is 18.3. The quantitative estimate of drug-likeness (QED) is 0.0602. The third kappa shape index (κ3) is 59.1. The third-order valence-electron chi connectivity index (χ3n) is 18.3. The lowest BCUT2D eigenvalue weighted by Crippen LogP contribution is -1.97. The van der Waals surface area contributed by atoms with Crippen molar-refractivity contribution < 1.29 is 5.11 Å². The number of aliphatic hydroxyl groups excluding tert-OH is 1. The van der Waals surface area contributed by atoms with Crippen molar-refractivity contribution in [2.24, 2.45) is 5.92 Å². The van der Waals surface area contributed by atoms with Crippen molar-refractivity contribution in [3.8, 4) is 0 Å². The predicted octanol–water partition coefficient (Wildman–Crippen LogP) is 30.4. The molecule has 0 saturated heterocycles. The highest BCUT2D eigenvalue weighted by Crippen LogP contribution is 2.22. The van der Waals surface area contributed by atoms with Crippen LogP contribution in [0.3, 0.4) is 0 Å². The molecule has 0 aromatic carbocycles. The van der Waals surface area contributed by atoms with Crippen LogP contribution >= 0.6 is 0 Å². The molecule has 0 spiro atoms. The van der Waals surface area contributed by atoms with Gasteiger partial charge in [-0.1, -0.05) is 205 Å². The molecule has 0 aliphatic carbocycles. The summed E-state index contributed by atoms with van der Waals surface area (Å²) in [7, 11) is 0. The molecule has 0 amide bonds. The van der Waals surface area contributed by atoms with Gasteiger partial charge in [-0.05, 0) is 355 Å². The van der Waals surface area contributed by atoms with Crippen LogP contribution in [0.15, 0.2) is 198 Å². The Kier molecular flexibility index (Phi) is 55.3. The molecule has 0 fully saturated rings. The fourth-order valence-electron chi connectivity index (χ4n) is 11.4. The van der Waals surface area contributed by atoms with Crippen molar-refractivity contribution in [3.05, 3.63) is 198 Å². The van der Waals surface area contributed by atoms with E-state index in [1.807, 2.05) is 0 Å². The molecule has 0 bridgehead atoms. The van der Waals surface area contributed by atoms with E-state index in [4.69, 9.17) is 5.11 Å². The average molecular weight is 1250 g/mol. The maximum Gasteiger partial charge on any atom is 0.0433 e. The number of rotatable bonds is 53. The Hall–Kier alpha value is -4.46. The van der Waals surface area contributed by atoms with Gasteiger partial charge in [0.05, 0.1) is 0 Å². The molecule has 0 unspecified atom stereocenters. The van der Waals surface area contributed by atoms with E-state index in [-0.39, 0.29) is 0 Å². The summed E-state index contributed by atoms with van der Waals surface area (Å²) < 4.78 is 0. The van der Waals surface area contributed by atoms with Gasteiger partial charge in [0.25, 0.3) is 0 Å². The van der Waals surface area contributed by atoms with Gasteiger partial charge in [0, 0.05) is 6.61 Å². The lowest BCUT2D eigenvalue weighted by atomic mass is 10.0. The number of hydrogen-bond acceptors (Lipinski definition) is 1. The molecule has 1 atom stereocenters. The molecule has 1 heteroatoms. The highest BCUT2D eigenvalue weighted by molar-refractivity contribution is 5.14. The maximum atomic E-state index is 9.11. The van der Waals surface area contributed by atoms with Crippen LogP contribution in [0, 0.1) is 5.92 Å². The predicted molar refractivity (Wildman–Crippen MR) is 417 cm³/mol. The molecule has 0 saturated carbocycles. The van der Waals surface area contributed by atoms with Gasteiger partial charge < -0.3 is 5.11 Å². The monoisotopic (exact) mass is 1250 g/mol. The Balaban J connectivity index is 4.34. The van der Waals surface area contributed by atoms with Crippen molar-refractivity contribution in [2.75, 3.05) is 6.61 Å². The van der Waals surface area contributed by atoms with Crippen LogP contribution in [-0.2, 0) is 0 Å². The van der Waals surface area contributed by atoms with Crippen molar-refractivity contribution >= 4 is 0 Å². The summed E-state index contributed by atoms with van der Waals surface area (Å²) in [6, 6.07) is 0. The highest BCUT2D eigenvalue weighted by Gasteiger charge is 2.03. The standard InChI is InChI=1S/C90H148O/c1-73(2)37-20-38-74(3)39-21-40-75(4)41-22-42-76(5)43-23-44-77(6)45-24-46-78(7)47-25-48-79(8)49-26-50-80(9)51-27-52-81(10)53-28-54-82(11)55-29-56-83(12)57-30-58-84(13)59-31-60-85(14)61-32-62-86(15)63-33-64-87(16)65-34-66-88(17)67-35-68-89(18)69-36-70-90(19)71-72-91/h37,39,41,43,45,47,49,51,53,55,57,59,61,63,65,67,69,90-91H,20-36,38,40,42,44,46,48,50,52,54,56,58,60,62,64,66,68,70-72H2,1-19H3/b74-39+,75-41+,76-43-,77-45-,78-47-,79-49-,80-51-,81-53-,82-55-,83-57-,84-59-,85-61-,86-63-,87-65-,88-67-,89-69-/t90-/m0/s1. The summed E-state index contributed by atoms with van der Waals surface area (Å²) >= 11 is 0. The zero-order valence-electron chi connectivity index (χ0n) is 63.8. The van der Waals surface area contributed by atoms with E-state index >= 15 is 0 Å². The normalized spacial score (nSPS) is 15.4. The molecule has 91 heavy (non-hydrogen) atoms. The Bertz CT molecular complexity index is 2510. The summed E-state index contributed by atoms with van der Waals surface area (Å²) in [4.78, 5) is 0. The van der Waals surface area contributed by atoms with Gasteiger partial charge in [0.1, 0.15) is 0 Å². The summed E-state index contributed by atoms with van der Waals surface area (Å²) in [6.45, 7) is 43.9. The molecular formula is C90H148O. The first-order chi connectivity index (χ1) is 43.5. The van der Waals surface area contributed by atoms with Gasteiger partial charge in [0.2, 0.25) is 0 Å². The molecule has 0 aromatic heterocycles. The van der Waals surface area contributed by atoms with E-state index in [9.17, 15) is 0 Å². The minimum Gasteiger partial charge on any atom is -0.396 e. The van der Waals surface area contributed by atoms with Crippen LogP contribution in [0.25, 0.3) is 0 Å². The van der Waals surface area contributed by atoms with E-state index < -0.39 is 0 Å². The second kappa shape index (κ2) is 58.1. The van der Waals surface area contributed by atoms with Crippen LogP contribution in [-0.4, -0.2) is 11.7 Å². The van der Waals surface area contributed by atoms with Crippen molar-refractivity contribution in [1.82, 2.24) is 0 Å². The molecular weight excluding hydrogens is 1100 g/mol. The van der Waals surface area contributed by atoms with Crippen molar-refractivity contribution in [2.45, 2.75) is 356 Å². The van der Waals surface area contributed by atoms with E-state index in [1.165, 1.54) is 204 Å². The lowest BCUT2D eigenvalue weighted by Gasteiger charge is -2.07. The van der Waals surface area contributed by atoms with E-state index in [0.29, 0.717) is 12.5 Å². The van der Waals surface area contributed by atoms with Gasteiger partial charge in [-0.15, -0.1) is 0 Å². The molecule has 0 aliphatic rings. The van der Waals surface area contributed by atoms with Gasteiger partial charge in [-0.25, -0.2) is 0 Å². The van der Waals surface area contributed by atoms with Crippen molar-refractivity contribution in [3.63, 3.8) is 0 Å². The SMILES string of the molecule is CC(C)=CCC/C(C)=C/CC/C(C)=C/CC/C(C)=C\CC/C(C)=C\CC/C(C)=C\CC/C(C)=C\CC/C(C)=C\CC/C(C)=C\CC/C(C)=C\CC/C(C)=C\CC/C(C)=C\CC/C(C)=C\CC/C(C)=C\CC/C(C)=C\CC/C(C)=C\CC/C(C)=C\CC[C@H](C)CCO. The molecule has 514 valence electrons. The zero-order chi connectivity index (χ0) is 67.9. The first-order valence-corrected chi connectivity index (χ1v) is 37.2. The molecule has 1 N–H and O–H groups in total. The first kappa shape index (κ1) is 86.5. The molecule has 1 nitrogen and oxygen atoms in total. The largest absolute Gasteiger partial charge is 0.396 e. The topological polar surface area (TPSA) is 20.2 Å². The molecule has 0 rings (SSSR count). The average Bonchev–Trinajstić information content (AvgIpc) is 3.47. The van der Waals surface area contributed by atoms with E-state index in [1.54, 1.807) is 0 Å². The number of aliphatic hydroxyl groups is 1. The Morgan fingerprint density at radius 2 is 0.308 bits per heavy atom. The highest BCUT2D eigenvalue weighted by atomic mass is 16.3. The summed E-state index contributed by atoms with van der Waals surface area (Å²) in [6.07, 6.45) is 82.2. The number of hydrogen-bond donors (Lipinski definition) is 1. The van der Waals surface area contributed by atoms with Crippen LogP contribution in [0.1, 0.15) is 356 Å². The zero-order valence-corrected chi connectivity index (χ0v) is 63.8. The molecule has 0 aliphatic heterocycles. The second-order valence-corrected chi connectivity index (χ2v) is 28.9. The lowest BCUT2D eigenvalue weighted by molar-refractivity contribution is 0.259. The van der Waals surface area contributed by atoms with Gasteiger partial charge in [-0.2, -0.15) is 0 Å². The van der Waals surface area contributed by atoms with Gasteiger partial charge in [-0.3, -0.25) is 0 Å². The second-order valence-electron chi connectivity index (χ2n) is 28.9.